The average molecular weight is 460 g/mol. The number of nitrogens with zero attached hydrogens (tertiary/aromatic N) is 2. The summed E-state index contributed by atoms with van der Waals surface area (Å²) in [6, 6.07) is 20.1. The van der Waals surface area contributed by atoms with Crippen LogP contribution in [0.15, 0.2) is 82.8 Å². The number of ether oxygens (including phenoxy) is 1. The van der Waals surface area contributed by atoms with Crippen LogP contribution >= 0.6 is 11.3 Å². The molecule has 1 aliphatic rings. The molecule has 0 fully saturated rings. The van der Waals surface area contributed by atoms with Crippen molar-refractivity contribution >= 4 is 34.0 Å². The Morgan fingerprint density at radius 2 is 1.85 bits per heavy atom. The quantitative estimate of drug-likeness (QED) is 0.418. The van der Waals surface area contributed by atoms with Crippen molar-refractivity contribution in [1.29, 1.82) is 0 Å². The lowest BCUT2D eigenvalue weighted by Crippen LogP contribution is -2.49. The van der Waals surface area contributed by atoms with Crippen LogP contribution in [0.4, 0.5) is 10.8 Å². The first-order valence-electron chi connectivity index (χ1n) is 10.5. The van der Waals surface area contributed by atoms with Crippen molar-refractivity contribution in [3.63, 3.8) is 0 Å². The molecular formula is C25H21N3O4S. The number of aromatic nitrogens is 1. The van der Waals surface area contributed by atoms with Crippen molar-refractivity contribution in [2.24, 2.45) is 0 Å². The number of anilines is 2. The smallest absolute Gasteiger partial charge is 0.329 e. The second-order valence-electron chi connectivity index (χ2n) is 7.64. The summed E-state index contributed by atoms with van der Waals surface area (Å²) < 4.78 is 10.9. The fourth-order valence-corrected chi connectivity index (χ4v) is 4.52. The number of benzene rings is 2. The molecule has 1 aliphatic heterocycles. The number of furan rings is 1. The maximum Gasteiger partial charge on any atom is 0.329 e. The van der Waals surface area contributed by atoms with E-state index in [4.69, 9.17) is 9.15 Å². The molecule has 0 saturated carbocycles. The van der Waals surface area contributed by atoms with Crippen molar-refractivity contribution in [3.8, 4) is 0 Å². The van der Waals surface area contributed by atoms with Crippen molar-refractivity contribution in [1.82, 2.24) is 9.88 Å². The monoisotopic (exact) mass is 459 g/mol. The van der Waals surface area contributed by atoms with Crippen molar-refractivity contribution < 1.29 is 18.7 Å². The van der Waals surface area contributed by atoms with Crippen LogP contribution in [0.3, 0.4) is 0 Å². The van der Waals surface area contributed by atoms with E-state index in [2.05, 4.69) is 10.3 Å². The Hall–Kier alpha value is -3.91. The summed E-state index contributed by atoms with van der Waals surface area (Å²) in [5.41, 5.74) is 3.62. The Balaban J connectivity index is 1.28. The van der Waals surface area contributed by atoms with Gasteiger partial charge >= 0.3 is 5.97 Å². The molecule has 0 bridgehead atoms. The molecule has 3 heterocycles. The molecule has 0 aliphatic carbocycles. The SMILES string of the molecule is O=C(OCc1csc(Nc2ccccc2)n1)[C@@H]1Cc2ccccc2CN1C(=O)c1ccco1. The second kappa shape index (κ2) is 9.30. The van der Waals surface area contributed by atoms with E-state index in [1.807, 2.05) is 60.0 Å². The summed E-state index contributed by atoms with van der Waals surface area (Å²) in [5.74, 6) is -0.599. The highest BCUT2D eigenvalue weighted by Gasteiger charge is 2.37. The number of carbonyl (C=O) groups is 2. The number of fused-ring (bicyclic) bond motifs is 1. The number of para-hydroxylation sites is 1. The molecule has 5 rings (SSSR count). The Labute approximate surface area is 194 Å². The number of esters is 1. The van der Waals surface area contributed by atoms with Crippen LogP contribution in [0.1, 0.15) is 27.4 Å². The van der Waals surface area contributed by atoms with Crippen LogP contribution in [0.2, 0.25) is 0 Å². The molecule has 0 unspecified atom stereocenters. The van der Waals surface area contributed by atoms with E-state index in [1.54, 1.807) is 12.1 Å². The molecule has 33 heavy (non-hydrogen) atoms. The normalized spacial score (nSPS) is 15.0. The first kappa shape index (κ1) is 21.0. The molecule has 8 heteroatoms. The predicted molar refractivity (Wildman–Crippen MR) is 124 cm³/mol. The number of thiazole rings is 1. The zero-order chi connectivity index (χ0) is 22.6. The Bertz CT molecular complexity index is 1250. The van der Waals surface area contributed by atoms with Gasteiger partial charge in [-0.15, -0.1) is 11.3 Å². The molecule has 4 aromatic rings. The molecule has 0 saturated heterocycles. The van der Waals surface area contributed by atoms with E-state index < -0.39 is 12.0 Å². The highest BCUT2D eigenvalue weighted by molar-refractivity contribution is 7.13. The maximum absolute atomic E-state index is 13.1. The summed E-state index contributed by atoms with van der Waals surface area (Å²) in [6.07, 6.45) is 1.83. The van der Waals surface area contributed by atoms with Crippen LogP contribution in [0.5, 0.6) is 0 Å². The molecule has 7 nitrogen and oxygen atoms in total. The van der Waals surface area contributed by atoms with Crippen LogP contribution in [-0.2, 0) is 29.1 Å². The van der Waals surface area contributed by atoms with Crippen molar-refractivity contribution in [3.05, 3.63) is 101 Å². The number of carbonyl (C=O) groups excluding carboxylic acids is 2. The van der Waals surface area contributed by atoms with Gasteiger partial charge in [-0.2, -0.15) is 0 Å². The van der Waals surface area contributed by atoms with E-state index in [9.17, 15) is 9.59 Å². The summed E-state index contributed by atoms with van der Waals surface area (Å²) in [4.78, 5) is 32.1. The molecule has 2 aromatic carbocycles. The highest BCUT2D eigenvalue weighted by atomic mass is 32.1. The number of rotatable bonds is 6. The molecule has 1 amide bonds. The molecular weight excluding hydrogens is 438 g/mol. The zero-order valence-electron chi connectivity index (χ0n) is 17.6. The van der Waals surface area contributed by atoms with Gasteiger partial charge in [0, 0.05) is 24.0 Å². The molecule has 166 valence electrons. The number of hydrogen-bond donors (Lipinski definition) is 1. The van der Waals surface area contributed by atoms with E-state index in [-0.39, 0.29) is 18.3 Å². The van der Waals surface area contributed by atoms with Gasteiger partial charge < -0.3 is 19.4 Å². The number of amides is 1. The van der Waals surface area contributed by atoms with E-state index in [0.29, 0.717) is 23.8 Å². The van der Waals surface area contributed by atoms with Crippen LogP contribution in [-0.4, -0.2) is 27.8 Å². The minimum atomic E-state index is -0.738. The molecule has 1 N–H and O–H groups in total. The van der Waals surface area contributed by atoms with Gasteiger partial charge in [0.1, 0.15) is 12.6 Å². The first-order chi connectivity index (χ1) is 16.2. The van der Waals surface area contributed by atoms with Gasteiger partial charge in [0.2, 0.25) is 0 Å². The van der Waals surface area contributed by atoms with Gasteiger partial charge in [-0.05, 0) is 35.4 Å². The van der Waals surface area contributed by atoms with E-state index in [1.165, 1.54) is 22.5 Å². The average Bonchev–Trinajstić information content (AvgIpc) is 3.54. The minimum Gasteiger partial charge on any atom is -0.459 e. The van der Waals surface area contributed by atoms with Gasteiger partial charge in [-0.25, -0.2) is 9.78 Å². The molecule has 2 aromatic heterocycles. The number of nitrogens with one attached hydrogen (secondary N) is 1. The van der Waals surface area contributed by atoms with Gasteiger partial charge in [0.15, 0.2) is 10.9 Å². The topological polar surface area (TPSA) is 84.7 Å². The lowest BCUT2D eigenvalue weighted by molar-refractivity contribution is -0.151. The first-order valence-corrected chi connectivity index (χ1v) is 11.4. The summed E-state index contributed by atoms with van der Waals surface area (Å²) in [5, 5.41) is 5.79. The lowest BCUT2D eigenvalue weighted by atomic mass is 9.93. The standard InChI is InChI=1S/C25H21N3O4S/c29-23(22-11-6-12-31-22)28-14-18-8-5-4-7-17(18)13-21(28)24(30)32-15-20-16-33-25(27-20)26-19-9-2-1-3-10-19/h1-12,16,21H,13-15H2,(H,26,27)/t21-/m0/s1. The van der Waals surface area contributed by atoms with Gasteiger partial charge in [-0.1, -0.05) is 42.5 Å². The predicted octanol–water partition coefficient (Wildman–Crippen LogP) is 4.79. The largest absolute Gasteiger partial charge is 0.459 e. The highest BCUT2D eigenvalue weighted by Crippen LogP contribution is 2.27. The zero-order valence-corrected chi connectivity index (χ0v) is 18.5. The third-order valence-corrected chi connectivity index (χ3v) is 6.26. The van der Waals surface area contributed by atoms with Gasteiger partial charge in [0.05, 0.1) is 12.0 Å². The third kappa shape index (κ3) is 4.65. The van der Waals surface area contributed by atoms with E-state index >= 15 is 0 Å². The minimum absolute atomic E-state index is 0.0345. The van der Waals surface area contributed by atoms with Crippen LogP contribution in [0, 0.1) is 0 Å². The van der Waals surface area contributed by atoms with Gasteiger partial charge in [-0.3, -0.25) is 4.79 Å². The van der Waals surface area contributed by atoms with Crippen molar-refractivity contribution in [2.75, 3.05) is 5.32 Å². The van der Waals surface area contributed by atoms with E-state index in [0.717, 1.165) is 16.8 Å². The molecule has 0 radical (unpaired) electrons. The second-order valence-corrected chi connectivity index (χ2v) is 8.50. The summed E-state index contributed by atoms with van der Waals surface area (Å²) in [6.45, 7) is 0.351. The maximum atomic E-state index is 13.1. The summed E-state index contributed by atoms with van der Waals surface area (Å²) >= 11 is 1.44. The van der Waals surface area contributed by atoms with Crippen molar-refractivity contribution in [2.45, 2.75) is 25.6 Å². The summed E-state index contributed by atoms with van der Waals surface area (Å²) in [7, 11) is 0. The van der Waals surface area contributed by atoms with Crippen LogP contribution in [0.25, 0.3) is 0 Å². The van der Waals surface area contributed by atoms with Gasteiger partial charge in [0.25, 0.3) is 5.91 Å². The van der Waals surface area contributed by atoms with Crippen LogP contribution < -0.4 is 5.32 Å². The molecule has 1 atom stereocenters. The third-order valence-electron chi connectivity index (χ3n) is 5.45. The fourth-order valence-electron chi connectivity index (χ4n) is 3.81. The fraction of sp³-hybridized carbons (Fsp3) is 0.160. The molecule has 0 spiro atoms. The Morgan fingerprint density at radius 3 is 2.64 bits per heavy atom. The Kier molecular flexibility index (Phi) is 5.91. The number of hydrogen-bond acceptors (Lipinski definition) is 7. The Morgan fingerprint density at radius 1 is 1.06 bits per heavy atom. The lowest BCUT2D eigenvalue weighted by Gasteiger charge is -2.34.